The van der Waals surface area contributed by atoms with E-state index in [1.165, 1.54) is 16.7 Å². The topological polar surface area (TPSA) is 93.8 Å². The first-order chi connectivity index (χ1) is 18.9. The molecule has 8 heteroatoms. The first-order valence-corrected chi connectivity index (χ1v) is 13.2. The van der Waals surface area contributed by atoms with Crippen LogP contribution in [0.5, 0.6) is 0 Å². The van der Waals surface area contributed by atoms with Crippen molar-refractivity contribution in [1.29, 1.82) is 0 Å². The van der Waals surface area contributed by atoms with Gasteiger partial charge in [0.05, 0.1) is 22.3 Å². The van der Waals surface area contributed by atoms with Gasteiger partial charge in [0, 0.05) is 24.8 Å². The van der Waals surface area contributed by atoms with Gasteiger partial charge in [-0.3, -0.25) is 14.2 Å². The second kappa shape index (κ2) is 11.2. The van der Waals surface area contributed by atoms with Crippen LogP contribution in [0.25, 0.3) is 16.6 Å². The summed E-state index contributed by atoms with van der Waals surface area (Å²) in [7, 11) is 0. The van der Waals surface area contributed by atoms with Crippen molar-refractivity contribution in [3.05, 3.63) is 106 Å². The molecule has 0 radical (unpaired) electrons. The Kier molecular flexibility index (Phi) is 7.54. The van der Waals surface area contributed by atoms with Crippen LogP contribution in [0.1, 0.15) is 62.4 Å². The summed E-state index contributed by atoms with van der Waals surface area (Å²) in [4.78, 5) is 35.6. The molecule has 1 aliphatic heterocycles. The van der Waals surface area contributed by atoms with E-state index in [2.05, 4.69) is 24.2 Å². The molecule has 0 saturated carbocycles. The van der Waals surface area contributed by atoms with Crippen LogP contribution in [0.3, 0.4) is 0 Å². The second-order valence-electron chi connectivity index (χ2n) is 9.89. The number of hydrogen-bond acceptors (Lipinski definition) is 5. The number of aliphatic carboxylic acids is 1. The number of benzene rings is 3. The second-order valence-corrected chi connectivity index (χ2v) is 9.89. The number of fused-ring (bicyclic) bond motifs is 1. The van der Waals surface area contributed by atoms with Gasteiger partial charge in [0.1, 0.15) is 11.6 Å². The number of aryl methyl sites for hydroxylation is 1. The Labute approximate surface area is 225 Å². The highest BCUT2D eigenvalue weighted by Gasteiger charge is 2.40. The van der Waals surface area contributed by atoms with Crippen molar-refractivity contribution in [2.75, 3.05) is 0 Å². The summed E-state index contributed by atoms with van der Waals surface area (Å²) in [5.41, 5.74) is 2.94. The van der Waals surface area contributed by atoms with Crippen molar-refractivity contribution in [1.82, 2.24) is 9.55 Å². The summed E-state index contributed by atoms with van der Waals surface area (Å²) in [5, 5.41) is 13.9. The van der Waals surface area contributed by atoms with Crippen LogP contribution in [0.15, 0.2) is 82.7 Å². The van der Waals surface area contributed by atoms with Gasteiger partial charge in [-0.15, -0.1) is 0 Å². The number of unbranched alkanes of at least 4 members (excludes halogenated alkanes) is 1. The standard InChI is InChI=1S/C31H30FN3O4/c1-2-18-31(22-8-4-3-5-9-22)20-27(34-39-31)21-12-17-25-26(19-21)33-28(10-6-7-11-29(36)37)35(30(25)38)24-15-13-23(32)14-16-24/h3-5,8-9,12-17,19H,2,6-7,10-11,18,20H2,1H3,(H,36,37). The van der Waals surface area contributed by atoms with Gasteiger partial charge in [-0.2, -0.15) is 0 Å². The summed E-state index contributed by atoms with van der Waals surface area (Å²) < 4.78 is 15.1. The van der Waals surface area contributed by atoms with E-state index < -0.39 is 17.4 Å². The molecule has 7 nitrogen and oxygen atoms in total. The molecule has 200 valence electrons. The van der Waals surface area contributed by atoms with E-state index in [1.54, 1.807) is 18.2 Å². The molecule has 0 amide bonds. The van der Waals surface area contributed by atoms with Crippen LogP contribution in [0.4, 0.5) is 4.39 Å². The number of carboxylic acid groups (broad SMARTS) is 1. The van der Waals surface area contributed by atoms with Gasteiger partial charge in [0.25, 0.3) is 5.56 Å². The molecule has 4 aromatic rings. The van der Waals surface area contributed by atoms with E-state index >= 15 is 0 Å². The van der Waals surface area contributed by atoms with Crippen LogP contribution in [0, 0.1) is 5.82 Å². The molecule has 1 N–H and O–H groups in total. The molecule has 0 bridgehead atoms. The fraction of sp³-hybridized carbons (Fsp3) is 0.290. The molecule has 1 atom stereocenters. The van der Waals surface area contributed by atoms with Crippen molar-refractivity contribution in [3.8, 4) is 5.69 Å². The number of hydrogen-bond donors (Lipinski definition) is 1. The highest BCUT2D eigenvalue weighted by atomic mass is 19.1. The molecule has 5 rings (SSSR count). The molecule has 3 aromatic carbocycles. The average Bonchev–Trinajstić information content (AvgIpc) is 3.38. The Balaban J connectivity index is 1.52. The fourth-order valence-corrected chi connectivity index (χ4v) is 5.21. The molecule has 39 heavy (non-hydrogen) atoms. The van der Waals surface area contributed by atoms with Gasteiger partial charge < -0.3 is 9.94 Å². The minimum Gasteiger partial charge on any atom is -0.481 e. The number of rotatable bonds is 10. The van der Waals surface area contributed by atoms with Gasteiger partial charge in [-0.25, -0.2) is 9.37 Å². The van der Waals surface area contributed by atoms with Gasteiger partial charge in [0.2, 0.25) is 0 Å². The molecular weight excluding hydrogens is 497 g/mol. The zero-order valence-corrected chi connectivity index (χ0v) is 21.8. The first kappa shape index (κ1) is 26.3. The van der Waals surface area contributed by atoms with E-state index in [0.717, 1.165) is 29.7 Å². The van der Waals surface area contributed by atoms with Crippen LogP contribution >= 0.6 is 0 Å². The lowest BCUT2D eigenvalue weighted by Gasteiger charge is -2.26. The number of carboxylic acids is 1. The smallest absolute Gasteiger partial charge is 0.303 e. The van der Waals surface area contributed by atoms with Crippen LogP contribution in [0.2, 0.25) is 0 Å². The molecule has 0 aliphatic carbocycles. The lowest BCUT2D eigenvalue weighted by molar-refractivity contribution is -0.137. The van der Waals surface area contributed by atoms with E-state index in [9.17, 15) is 14.0 Å². The summed E-state index contributed by atoms with van der Waals surface area (Å²) in [5.74, 6) is -0.769. The predicted octanol–water partition coefficient (Wildman–Crippen LogP) is 6.14. The van der Waals surface area contributed by atoms with E-state index in [4.69, 9.17) is 14.9 Å². The van der Waals surface area contributed by atoms with Crippen molar-refractivity contribution >= 4 is 22.6 Å². The third-order valence-electron chi connectivity index (χ3n) is 7.14. The van der Waals surface area contributed by atoms with E-state index in [-0.39, 0.29) is 12.0 Å². The minimum atomic E-state index is -0.865. The number of halogens is 1. The summed E-state index contributed by atoms with van der Waals surface area (Å²) >= 11 is 0. The average molecular weight is 528 g/mol. The first-order valence-electron chi connectivity index (χ1n) is 13.2. The molecule has 1 aliphatic rings. The number of oxime groups is 1. The molecule has 2 heterocycles. The Hall–Kier alpha value is -4.33. The maximum Gasteiger partial charge on any atom is 0.303 e. The molecular formula is C31H30FN3O4. The lowest BCUT2D eigenvalue weighted by atomic mass is 9.84. The maximum atomic E-state index is 13.7. The number of nitrogens with zero attached hydrogens (tertiary/aromatic N) is 3. The Morgan fingerprint density at radius 2 is 1.85 bits per heavy atom. The maximum absolute atomic E-state index is 13.7. The Morgan fingerprint density at radius 3 is 2.56 bits per heavy atom. The molecule has 0 saturated heterocycles. The van der Waals surface area contributed by atoms with Crippen LogP contribution in [-0.2, 0) is 21.7 Å². The highest BCUT2D eigenvalue weighted by Crippen LogP contribution is 2.40. The molecule has 0 spiro atoms. The Morgan fingerprint density at radius 1 is 1.08 bits per heavy atom. The van der Waals surface area contributed by atoms with Crippen molar-refractivity contribution in [3.63, 3.8) is 0 Å². The summed E-state index contributed by atoms with van der Waals surface area (Å²) in [6, 6.07) is 21.3. The highest BCUT2D eigenvalue weighted by molar-refractivity contribution is 6.04. The third kappa shape index (κ3) is 5.46. The van der Waals surface area contributed by atoms with Crippen LogP contribution in [-0.4, -0.2) is 26.3 Å². The number of aromatic nitrogens is 2. The van der Waals surface area contributed by atoms with Gasteiger partial charge in [-0.05, 0) is 61.2 Å². The van der Waals surface area contributed by atoms with Crippen molar-refractivity contribution in [2.45, 2.75) is 57.5 Å². The predicted molar refractivity (Wildman–Crippen MR) is 148 cm³/mol. The molecule has 1 unspecified atom stereocenters. The molecule has 1 aromatic heterocycles. The SMILES string of the molecule is CCCC1(c2ccccc2)CC(c2ccc3c(=O)n(-c4ccc(F)cc4)c(CCCCC(=O)O)nc3c2)=NO1. The Bertz CT molecular complexity index is 1580. The summed E-state index contributed by atoms with van der Waals surface area (Å²) in [6.45, 7) is 2.12. The van der Waals surface area contributed by atoms with Gasteiger partial charge in [-0.1, -0.05) is 54.9 Å². The van der Waals surface area contributed by atoms with Crippen molar-refractivity contribution < 1.29 is 19.1 Å². The normalized spacial score (nSPS) is 16.7. The van der Waals surface area contributed by atoms with E-state index in [1.807, 2.05) is 30.3 Å². The minimum absolute atomic E-state index is 0.0409. The largest absolute Gasteiger partial charge is 0.481 e. The zero-order valence-electron chi connectivity index (χ0n) is 21.8. The monoisotopic (exact) mass is 527 g/mol. The zero-order chi connectivity index (χ0) is 27.4. The van der Waals surface area contributed by atoms with Gasteiger partial charge in [0.15, 0.2) is 5.60 Å². The lowest BCUT2D eigenvalue weighted by Crippen LogP contribution is -2.26. The van der Waals surface area contributed by atoms with Crippen LogP contribution < -0.4 is 5.56 Å². The van der Waals surface area contributed by atoms with Crippen molar-refractivity contribution in [2.24, 2.45) is 5.16 Å². The molecule has 0 fully saturated rings. The quantitative estimate of drug-likeness (QED) is 0.250. The van der Waals surface area contributed by atoms with Gasteiger partial charge >= 0.3 is 5.97 Å². The van der Waals surface area contributed by atoms with E-state index in [0.29, 0.717) is 48.1 Å². The third-order valence-corrected chi connectivity index (χ3v) is 7.14. The fourth-order valence-electron chi connectivity index (χ4n) is 5.21. The summed E-state index contributed by atoms with van der Waals surface area (Å²) in [6.07, 6.45) is 3.80. The number of carbonyl (C=O) groups is 1.